The topological polar surface area (TPSA) is 81.9 Å². The molecule has 1 unspecified atom stereocenters. The highest BCUT2D eigenvalue weighted by molar-refractivity contribution is 7.15. The lowest BCUT2D eigenvalue weighted by atomic mass is 10.1. The molecule has 3 heterocycles. The summed E-state index contributed by atoms with van der Waals surface area (Å²) in [5, 5.41) is 4.51. The van der Waals surface area contributed by atoms with E-state index in [-0.39, 0.29) is 11.7 Å². The van der Waals surface area contributed by atoms with Crippen molar-refractivity contribution in [2.75, 3.05) is 11.9 Å². The van der Waals surface area contributed by atoms with Gasteiger partial charge in [0.2, 0.25) is 0 Å². The van der Waals surface area contributed by atoms with Crippen LogP contribution in [0.1, 0.15) is 29.8 Å². The Morgan fingerprint density at radius 2 is 2.35 bits per heavy atom. The standard InChI is InChI=1S/C18H17N3O4S/c1-3-24-15-7-11-6-10(2)25-14(11)8-13(15)20-16(22)12-9-19-18-21(17(12)23)4-5-26-18/h4-5,7-10H,3,6H2,1-2H3,(H,20,22). The Kier molecular flexibility index (Phi) is 4.12. The summed E-state index contributed by atoms with van der Waals surface area (Å²) >= 11 is 1.33. The number of aromatic nitrogens is 2. The second kappa shape index (κ2) is 6.45. The molecule has 0 radical (unpaired) electrons. The zero-order valence-corrected chi connectivity index (χ0v) is 15.1. The van der Waals surface area contributed by atoms with Crippen molar-refractivity contribution in [2.24, 2.45) is 0 Å². The molecule has 1 aliphatic heterocycles. The molecule has 1 N–H and O–H groups in total. The summed E-state index contributed by atoms with van der Waals surface area (Å²) in [5.74, 6) is 0.747. The Balaban J connectivity index is 1.69. The van der Waals surface area contributed by atoms with E-state index in [1.54, 1.807) is 17.6 Å². The Morgan fingerprint density at radius 3 is 3.15 bits per heavy atom. The van der Waals surface area contributed by atoms with Crippen molar-refractivity contribution in [1.29, 1.82) is 0 Å². The van der Waals surface area contributed by atoms with Gasteiger partial charge < -0.3 is 14.8 Å². The smallest absolute Gasteiger partial charge is 0.271 e. The normalized spacial score (nSPS) is 15.5. The first-order chi connectivity index (χ1) is 12.6. The van der Waals surface area contributed by atoms with Crippen LogP contribution < -0.4 is 20.3 Å². The predicted octanol–water partition coefficient (Wildman–Crippen LogP) is 2.73. The quantitative estimate of drug-likeness (QED) is 0.763. The van der Waals surface area contributed by atoms with E-state index in [0.29, 0.717) is 23.0 Å². The lowest BCUT2D eigenvalue weighted by Gasteiger charge is -2.13. The number of benzene rings is 1. The van der Waals surface area contributed by atoms with Crippen molar-refractivity contribution >= 4 is 27.9 Å². The average Bonchev–Trinajstić information content (AvgIpc) is 3.21. The van der Waals surface area contributed by atoms with Gasteiger partial charge in [0, 0.05) is 35.8 Å². The fourth-order valence-electron chi connectivity index (χ4n) is 2.98. The highest BCUT2D eigenvalue weighted by atomic mass is 32.1. The zero-order valence-electron chi connectivity index (χ0n) is 14.3. The summed E-state index contributed by atoms with van der Waals surface area (Å²) in [6, 6.07) is 3.63. The summed E-state index contributed by atoms with van der Waals surface area (Å²) in [5.41, 5.74) is 1.08. The van der Waals surface area contributed by atoms with Crippen molar-refractivity contribution < 1.29 is 14.3 Å². The minimum atomic E-state index is -0.532. The summed E-state index contributed by atoms with van der Waals surface area (Å²) in [6.07, 6.45) is 3.78. The van der Waals surface area contributed by atoms with E-state index < -0.39 is 11.5 Å². The maximum atomic E-state index is 12.7. The van der Waals surface area contributed by atoms with Crippen LogP contribution in [0, 0.1) is 0 Å². The van der Waals surface area contributed by atoms with Crippen LogP contribution in [0.2, 0.25) is 0 Å². The van der Waals surface area contributed by atoms with Gasteiger partial charge in [0.05, 0.1) is 12.3 Å². The van der Waals surface area contributed by atoms with Gasteiger partial charge in [-0.3, -0.25) is 14.0 Å². The molecule has 1 atom stereocenters. The van der Waals surface area contributed by atoms with E-state index in [4.69, 9.17) is 9.47 Å². The first kappa shape index (κ1) is 16.6. The fourth-order valence-corrected chi connectivity index (χ4v) is 3.66. The van der Waals surface area contributed by atoms with Gasteiger partial charge >= 0.3 is 0 Å². The second-order valence-electron chi connectivity index (χ2n) is 6.01. The fraction of sp³-hybridized carbons (Fsp3) is 0.278. The molecular formula is C18H17N3O4S. The number of hydrogen-bond acceptors (Lipinski definition) is 6. The molecule has 4 rings (SSSR count). The largest absolute Gasteiger partial charge is 0.492 e. The number of carbonyl (C=O) groups is 1. The van der Waals surface area contributed by atoms with Crippen molar-refractivity contribution in [3.05, 3.63) is 51.4 Å². The zero-order chi connectivity index (χ0) is 18.3. The lowest BCUT2D eigenvalue weighted by Crippen LogP contribution is -2.26. The summed E-state index contributed by atoms with van der Waals surface area (Å²) in [4.78, 5) is 29.8. The van der Waals surface area contributed by atoms with Gasteiger partial charge in [-0.15, -0.1) is 11.3 Å². The summed E-state index contributed by atoms with van der Waals surface area (Å²) < 4.78 is 12.8. The van der Waals surface area contributed by atoms with Crippen LogP contribution in [0.25, 0.3) is 4.96 Å². The first-order valence-electron chi connectivity index (χ1n) is 8.29. The van der Waals surface area contributed by atoms with E-state index >= 15 is 0 Å². The first-order valence-corrected chi connectivity index (χ1v) is 9.17. The van der Waals surface area contributed by atoms with E-state index in [1.165, 1.54) is 21.9 Å². The number of nitrogens with zero attached hydrogens (tertiary/aromatic N) is 2. The third kappa shape index (κ3) is 2.82. The highest BCUT2D eigenvalue weighted by Gasteiger charge is 2.23. The van der Waals surface area contributed by atoms with E-state index in [2.05, 4.69) is 10.3 Å². The molecule has 7 nitrogen and oxygen atoms in total. The third-order valence-corrected chi connectivity index (χ3v) is 4.90. The summed E-state index contributed by atoms with van der Waals surface area (Å²) in [6.45, 7) is 4.32. The number of anilines is 1. The SMILES string of the molecule is CCOc1cc2c(cc1NC(=O)c1cnc3sccn3c1=O)OC(C)C2. The average molecular weight is 371 g/mol. The van der Waals surface area contributed by atoms with Gasteiger partial charge in [-0.05, 0) is 19.9 Å². The number of carbonyl (C=O) groups excluding carboxylic acids is 1. The van der Waals surface area contributed by atoms with Crippen LogP contribution in [-0.2, 0) is 6.42 Å². The Morgan fingerprint density at radius 1 is 1.50 bits per heavy atom. The van der Waals surface area contributed by atoms with Gasteiger partial charge in [0.25, 0.3) is 11.5 Å². The molecule has 0 saturated carbocycles. The van der Waals surface area contributed by atoms with Gasteiger partial charge in [0.1, 0.15) is 23.2 Å². The highest BCUT2D eigenvalue weighted by Crippen LogP contribution is 2.38. The van der Waals surface area contributed by atoms with E-state index in [0.717, 1.165) is 17.7 Å². The Hall–Kier alpha value is -2.87. The molecule has 0 bridgehead atoms. The molecular weight excluding hydrogens is 354 g/mol. The van der Waals surface area contributed by atoms with E-state index in [9.17, 15) is 9.59 Å². The maximum absolute atomic E-state index is 12.7. The molecule has 2 aromatic heterocycles. The number of amides is 1. The minimum Gasteiger partial charge on any atom is -0.492 e. The van der Waals surface area contributed by atoms with Gasteiger partial charge in [-0.2, -0.15) is 0 Å². The number of ether oxygens (including phenoxy) is 2. The molecule has 134 valence electrons. The van der Waals surface area contributed by atoms with Crippen LogP contribution in [0.15, 0.2) is 34.7 Å². The Labute approximate surface area is 153 Å². The van der Waals surface area contributed by atoms with Crippen molar-refractivity contribution in [2.45, 2.75) is 26.4 Å². The molecule has 1 aromatic carbocycles. The number of thiazole rings is 1. The molecule has 3 aromatic rings. The van der Waals surface area contributed by atoms with Crippen molar-refractivity contribution in [1.82, 2.24) is 9.38 Å². The van der Waals surface area contributed by atoms with Crippen molar-refractivity contribution in [3.8, 4) is 11.5 Å². The lowest BCUT2D eigenvalue weighted by molar-refractivity contribution is 0.102. The molecule has 0 saturated heterocycles. The van der Waals surface area contributed by atoms with Crippen LogP contribution in [0.3, 0.4) is 0 Å². The van der Waals surface area contributed by atoms with Crippen molar-refractivity contribution in [3.63, 3.8) is 0 Å². The van der Waals surface area contributed by atoms with Crippen LogP contribution in [0.5, 0.6) is 11.5 Å². The van der Waals surface area contributed by atoms with Crippen LogP contribution in [0.4, 0.5) is 5.69 Å². The third-order valence-electron chi connectivity index (χ3n) is 4.13. The monoisotopic (exact) mass is 371 g/mol. The summed E-state index contributed by atoms with van der Waals surface area (Å²) in [7, 11) is 0. The maximum Gasteiger partial charge on any atom is 0.271 e. The molecule has 26 heavy (non-hydrogen) atoms. The number of rotatable bonds is 4. The minimum absolute atomic E-state index is 0.0295. The number of nitrogens with one attached hydrogen (secondary N) is 1. The number of fused-ring (bicyclic) bond motifs is 2. The van der Waals surface area contributed by atoms with Gasteiger partial charge in [0.15, 0.2) is 4.96 Å². The van der Waals surface area contributed by atoms with Gasteiger partial charge in [-0.25, -0.2) is 4.98 Å². The van der Waals surface area contributed by atoms with Gasteiger partial charge in [-0.1, -0.05) is 0 Å². The van der Waals surface area contributed by atoms with Crippen LogP contribution >= 0.6 is 11.3 Å². The molecule has 8 heteroatoms. The predicted molar refractivity (Wildman–Crippen MR) is 98.7 cm³/mol. The molecule has 0 fully saturated rings. The molecule has 0 spiro atoms. The Bertz CT molecular complexity index is 1060. The van der Waals surface area contributed by atoms with Crippen LogP contribution in [-0.4, -0.2) is 28.0 Å². The molecule has 0 aliphatic carbocycles. The number of hydrogen-bond donors (Lipinski definition) is 1. The second-order valence-corrected chi connectivity index (χ2v) is 6.88. The molecule has 1 amide bonds. The molecule has 1 aliphatic rings. The van der Waals surface area contributed by atoms with E-state index in [1.807, 2.05) is 19.9 Å².